The largest absolute Gasteiger partial charge is 0.495 e. The first-order valence-electron chi connectivity index (χ1n) is 18.0. The van der Waals surface area contributed by atoms with Crippen molar-refractivity contribution in [1.29, 1.82) is 0 Å². The fourth-order valence-corrected chi connectivity index (χ4v) is 7.85. The van der Waals surface area contributed by atoms with Gasteiger partial charge in [-0.2, -0.15) is 0 Å². The molecule has 5 aromatic carbocycles. The Labute approximate surface area is 313 Å². The Morgan fingerprint density at radius 3 is 1.02 bits per heavy atom. The maximum atomic E-state index is 6.69. The number of methoxy groups -OCH3 is 3. The summed E-state index contributed by atoms with van der Waals surface area (Å²) < 4.78 is 32.5. The fourth-order valence-electron chi connectivity index (χ4n) is 7.85. The SMILES string of the molecule is COc1c2cc(C)cc1-c1cc(C)cc(c1OC)-c1cc(C)cc(c1OC)-c1cc(C)cc(C)c1OCc1cccc(n1)COc1c(C)cc(C)cc1-2. The summed E-state index contributed by atoms with van der Waals surface area (Å²) >= 11 is 0. The Morgan fingerprint density at radius 1 is 0.415 bits per heavy atom. The maximum absolute atomic E-state index is 6.69. The molecule has 2 heterocycles. The van der Waals surface area contributed by atoms with Crippen molar-refractivity contribution < 1.29 is 23.7 Å². The van der Waals surface area contributed by atoms with E-state index >= 15 is 0 Å². The predicted molar refractivity (Wildman–Crippen MR) is 214 cm³/mol. The molecule has 0 amide bonds. The summed E-state index contributed by atoms with van der Waals surface area (Å²) in [6.45, 7) is 15.3. The van der Waals surface area contributed by atoms with Gasteiger partial charge in [-0.25, -0.2) is 0 Å². The normalized spacial score (nSPS) is 12.1. The van der Waals surface area contributed by atoms with Crippen LogP contribution in [0, 0.1) is 48.5 Å². The second-order valence-corrected chi connectivity index (χ2v) is 14.3. The van der Waals surface area contributed by atoms with Crippen LogP contribution in [0.2, 0.25) is 0 Å². The molecule has 1 aliphatic heterocycles. The summed E-state index contributed by atoms with van der Waals surface area (Å²) in [6.07, 6.45) is 0. The molecule has 1 aliphatic rings. The lowest BCUT2D eigenvalue weighted by atomic mass is 9.88. The summed E-state index contributed by atoms with van der Waals surface area (Å²) in [7, 11) is 5.20. The second-order valence-electron chi connectivity index (χ2n) is 14.3. The molecule has 53 heavy (non-hydrogen) atoms. The van der Waals surface area contributed by atoms with E-state index < -0.39 is 0 Å². The molecule has 0 atom stereocenters. The van der Waals surface area contributed by atoms with Gasteiger partial charge in [0, 0.05) is 44.5 Å². The first-order chi connectivity index (χ1) is 25.5. The highest BCUT2D eigenvalue weighted by Gasteiger charge is 2.26. The van der Waals surface area contributed by atoms with Gasteiger partial charge in [-0.15, -0.1) is 0 Å². The zero-order valence-corrected chi connectivity index (χ0v) is 32.4. The van der Waals surface area contributed by atoms with E-state index in [1.807, 2.05) is 18.2 Å². The van der Waals surface area contributed by atoms with Gasteiger partial charge in [0.15, 0.2) is 0 Å². The monoisotopic (exact) mass is 705 g/mol. The van der Waals surface area contributed by atoms with Crippen molar-refractivity contribution in [2.45, 2.75) is 61.7 Å². The van der Waals surface area contributed by atoms with Gasteiger partial charge in [-0.3, -0.25) is 4.98 Å². The topological polar surface area (TPSA) is 59.0 Å². The molecule has 1 aromatic heterocycles. The number of benzene rings is 5. The molecule has 0 saturated carbocycles. The highest BCUT2D eigenvalue weighted by Crippen LogP contribution is 2.52. The number of aryl methyl sites for hydroxylation is 7. The van der Waals surface area contributed by atoms with Crippen molar-refractivity contribution in [3.05, 3.63) is 129 Å². The molecule has 6 nitrogen and oxygen atoms in total. The van der Waals surface area contributed by atoms with E-state index in [0.29, 0.717) is 13.2 Å². The van der Waals surface area contributed by atoms with E-state index in [4.69, 9.17) is 28.7 Å². The Balaban J connectivity index is 1.60. The second kappa shape index (κ2) is 14.3. The van der Waals surface area contributed by atoms with Crippen molar-refractivity contribution in [2.24, 2.45) is 0 Å². The first kappa shape index (κ1) is 35.6. The van der Waals surface area contributed by atoms with E-state index in [-0.39, 0.29) is 0 Å². The lowest BCUT2D eigenvalue weighted by Gasteiger charge is -2.24. The zero-order valence-electron chi connectivity index (χ0n) is 32.4. The molecule has 0 saturated heterocycles. The van der Waals surface area contributed by atoms with Crippen LogP contribution in [-0.4, -0.2) is 26.3 Å². The maximum Gasteiger partial charge on any atom is 0.134 e. The minimum Gasteiger partial charge on any atom is -0.495 e. The molecule has 6 aromatic rings. The fraction of sp³-hybridized carbons (Fsp3) is 0.255. The van der Waals surface area contributed by atoms with Crippen LogP contribution in [0.1, 0.15) is 50.3 Å². The average Bonchev–Trinajstić information content (AvgIpc) is 3.12. The highest BCUT2D eigenvalue weighted by atomic mass is 16.5. The molecule has 0 unspecified atom stereocenters. The van der Waals surface area contributed by atoms with Crippen LogP contribution in [0.4, 0.5) is 0 Å². The lowest BCUT2D eigenvalue weighted by molar-refractivity contribution is 0.289. The van der Waals surface area contributed by atoms with Crippen LogP contribution in [0.3, 0.4) is 0 Å². The number of nitrogens with zero attached hydrogens (tertiary/aromatic N) is 1. The van der Waals surface area contributed by atoms with Crippen molar-refractivity contribution in [3.8, 4) is 73.3 Å². The Morgan fingerprint density at radius 2 is 0.698 bits per heavy atom. The molecule has 8 bridgehead atoms. The van der Waals surface area contributed by atoms with E-state index in [0.717, 1.165) is 124 Å². The molecular weight excluding hydrogens is 659 g/mol. The van der Waals surface area contributed by atoms with Gasteiger partial charge in [-0.05, 0) is 148 Å². The van der Waals surface area contributed by atoms with E-state index in [1.165, 1.54) is 0 Å². The summed E-state index contributed by atoms with van der Waals surface area (Å²) in [4.78, 5) is 4.98. The number of hydrogen-bond acceptors (Lipinski definition) is 6. The van der Waals surface area contributed by atoms with Crippen LogP contribution < -0.4 is 23.7 Å². The molecule has 0 N–H and O–H groups in total. The molecule has 6 heteroatoms. The van der Waals surface area contributed by atoms with Gasteiger partial charge in [-0.1, -0.05) is 18.2 Å². The van der Waals surface area contributed by atoms with Crippen LogP contribution in [0.25, 0.3) is 44.5 Å². The highest BCUT2D eigenvalue weighted by molar-refractivity contribution is 5.94. The molecule has 0 fully saturated rings. The number of hydrogen-bond donors (Lipinski definition) is 0. The van der Waals surface area contributed by atoms with E-state index in [9.17, 15) is 0 Å². The number of rotatable bonds is 3. The smallest absolute Gasteiger partial charge is 0.134 e. The average molecular weight is 706 g/mol. The Hall–Kier alpha value is -5.75. The first-order valence-corrected chi connectivity index (χ1v) is 18.0. The van der Waals surface area contributed by atoms with E-state index in [1.54, 1.807) is 21.3 Å². The van der Waals surface area contributed by atoms with E-state index in [2.05, 4.69) is 109 Å². The summed E-state index contributed by atoms with van der Waals surface area (Å²) in [6, 6.07) is 27.7. The van der Waals surface area contributed by atoms with Gasteiger partial charge in [0.25, 0.3) is 0 Å². The van der Waals surface area contributed by atoms with Crippen molar-refractivity contribution >= 4 is 0 Å². The summed E-state index contributed by atoms with van der Waals surface area (Å²) in [5.41, 5.74) is 16.7. The Bertz CT molecular complexity index is 2230. The van der Waals surface area contributed by atoms with Crippen molar-refractivity contribution in [3.63, 3.8) is 0 Å². The third kappa shape index (κ3) is 6.70. The zero-order chi connectivity index (χ0) is 37.6. The molecular formula is C47H47NO5. The lowest BCUT2D eigenvalue weighted by Crippen LogP contribution is -2.06. The number of ether oxygens (including phenoxy) is 5. The third-order valence-electron chi connectivity index (χ3n) is 9.90. The molecule has 0 aliphatic carbocycles. The molecule has 0 spiro atoms. The quantitative estimate of drug-likeness (QED) is 0.183. The van der Waals surface area contributed by atoms with Gasteiger partial charge < -0.3 is 23.7 Å². The number of aromatic nitrogens is 1. The third-order valence-corrected chi connectivity index (χ3v) is 9.90. The molecule has 7 rings (SSSR count). The molecule has 0 radical (unpaired) electrons. The predicted octanol–water partition coefficient (Wildman–Crippen LogP) is 11.4. The number of pyridine rings is 1. The Kier molecular flexibility index (Phi) is 9.65. The summed E-state index contributed by atoms with van der Waals surface area (Å²) in [5.74, 6) is 3.79. The van der Waals surface area contributed by atoms with Crippen LogP contribution in [-0.2, 0) is 13.2 Å². The standard InChI is InChI=1S/C47H47NO5/c1-26-14-31(6)43-35(16-26)37-18-28(3)20-39(45(37)49-8)41-22-30(5)23-42(47(41)51-10)40-21-29(4)19-38(46(40)50-9)36-17-27(2)15-32(7)44(36)53-25-34-13-11-12-33(48-34)24-52-43/h11-23H,24-25H2,1-10H3. The van der Waals surface area contributed by atoms with Crippen LogP contribution >= 0.6 is 0 Å². The molecule has 270 valence electrons. The van der Waals surface area contributed by atoms with Gasteiger partial charge in [0.05, 0.1) is 32.7 Å². The van der Waals surface area contributed by atoms with Crippen molar-refractivity contribution in [1.82, 2.24) is 4.98 Å². The van der Waals surface area contributed by atoms with Crippen molar-refractivity contribution in [2.75, 3.05) is 21.3 Å². The van der Waals surface area contributed by atoms with Crippen LogP contribution in [0.15, 0.2) is 78.9 Å². The minimum absolute atomic E-state index is 0.291. The summed E-state index contributed by atoms with van der Waals surface area (Å²) in [5, 5.41) is 0. The number of fused-ring (bicyclic) bond motifs is 14. The van der Waals surface area contributed by atoms with Gasteiger partial charge in [0.2, 0.25) is 0 Å². The van der Waals surface area contributed by atoms with Gasteiger partial charge >= 0.3 is 0 Å². The van der Waals surface area contributed by atoms with Gasteiger partial charge in [0.1, 0.15) is 42.0 Å². The van der Waals surface area contributed by atoms with Crippen LogP contribution in [0.5, 0.6) is 28.7 Å². The minimum atomic E-state index is 0.291.